The van der Waals surface area contributed by atoms with Crippen LogP contribution in [0.15, 0.2) is 48.5 Å². The van der Waals surface area contributed by atoms with Crippen molar-refractivity contribution in [3.63, 3.8) is 0 Å². The number of ether oxygens (including phenoxy) is 1. The first-order chi connectivity index (χ1) is 12.2. The van der Waals surface area contributed by atoms with Crippen LogP contribution in [-0.2, 0) is 4.79 Å². The molecular formula is C18H16N4O3. The molecule has 2 N–H and O–H groups in total. The summed E-state index contributed by atoms with van der Waals surface area (Å²) >= 11 is 0. The molecule has 2 aromatic carbocycles. The van der Waals surface area contributed by atoms with E-state index in [1.165, 1.54) is 11.7 Å². The van der Waals surface area contributed by atoms with Crippen molar-refractivity contribution >= 4 is 34.5 Å². The van der Waals surface area contributed by atoms with Crippen molar-refractivity contribution in [2.75, 3.05) is 17.7 Å². The van der Waals surface area contributed by atoms with E-state index in [0.29, 0.717) is 22.9 Å². The predicted octanol–water partition coefficient (Wildman–Crippen LogP) is 2.51. The lowest BCUT2D eigenvalue weighted by Crippen LogP contribution is -2.42. The quantitative estimate of drug-likeness (QED) is 0.768. The van der Waals surface area contributed by atoms with Crippen molar-refractivity contribution in [2.45, 2.75) is 12.5 Å². The molecule has 0 saturated carbocycles. The summed E-state index contributed by atoms with van der Waals surface area (Å²) in [5.41, 5.74) is 2.01. The Hall–Kier alpha value is -3.35. The molecule has 0 radical (unpaired) electrons. The van der Waals surface area contributed by atoms with Gasteiger partial charge < -0.3 is 15.4 Å². The summed E-state index contributed by atoms with van der Waals surface area (Å²) in [5, 5.41) is 5.85. The number of rotatable bonds is 3. The van der Waals surface area contributed by atoms with Crippen LogP contribution in [0.25, 0.3) is 11.0 Å². The van der Waals surface area contributed by atoms with Crippen LogP contribution in [0.4, 0.5) is 11.6 Å². The fourth-order valence-corrected chi connectivity index (χ4v) is 2.97. The first-order valence-corrected chi connectivity index (χ1v) is 7.88. The molecule has 3 aromatic rings. The lowest BCUT2D eigenvalue weighted by molar-refractivity contribution is -0.117. The second-order valence-electron chi connectivity index (χ2n) is 5.74. The molecule has 1 aromatic heterocycles. The average molecular weight is 336 g/mol. The van der Waals surface area contributed by atoms with Crippen molar-refractivity contribution in [3.05, 3.63) is 48.5 Å². The summed E-state index contributed by atoms with van der Waals surface area (Å²) < 4.78 is 6.75. The number of hydrogen-bond acceptors (Lipinski definition) is 5. The molecule has 1 aliphatic rings. The number of fused-ring (bicyclic) bond motifs is 3. The SMILES string of the molecule is COc1ccccc1NC(=O)[C@@H]1CC(=O)n2c(nc3ccccc32)N1. The Morgan fingerprint density at radius 3 is 2.84 bits per heavy atom. The molecule has 0 saturated heterocycles. The lowest BCUT2D eigenvalue weighted by atomic mass is 10.1. The van der Waals surface area contributed by atoms with E-state index >= 15 is 0 Å². The van der Waals surface area contributed by atoms with Crippen LogP contribution in [0.2, 0.25) is 0 Å². The molecule has 4 rings (SSSR count). The molecule has 7 heteroatoms. The van der Waals surface area contributed by atoms with Gasteiger partial charge in [0.15, 0.2) is 0 Å². The van der Waals surface area contributed by atoms with Gasteiger partial charge in [0.2, 0.25) is 17.8 Å². The predicted molar refractivity (Wildman–Crippen MR) is 94.0 cm³/mol. The van der Waals surface area contributed by atoms with E-state index in [9.17, 15) is 9.59 Å². The molecule has 0 fully saturated rings. The molecule has 0 unspecified atom stereocenters. The number of methoxy groups -OCH3 is 1. The Morgan fingerprint density at radius 1 is 1.24 bits per heavy atom. The summed E-state index contributed by atoms with van der Waals surface area (Å²) in [7, 11) is 1.54. The van der Waals surface area contributed by atoms with Crippen molar-refractivity contribution in [1.29, 1.82) is 0 Å². The highest BCUT2D eigenvalue weighted by molar-refractivity contribution is 6.04. The Morgan fingerprint density at radius 2 is 2.00 bits per heavy atom. The van der Waals surface area contributed by atoms with Gasteiger partial charge in [-0.15, -0.1) is 0 Å². The normalized spacial score (nSPS) is 16.2. The third-order valence-corrected chi connectivity index (χ3v) is 4.17. The molecule has 126 valence electrons. The Balaban J connectivity index is 1.60. The summed E-state index contributed by atoms with van der Waals surface area (Å²) in [6, 6.07) is 13.8. The van der Waals surface area contributed by atoms with E-state index in [0.717, 1.165) is 5.52 Å². The maximum Gasteiger partial charge on any atom is 0.247 e. The van der Waals surface area contributed by atoms with E-state index < -0.39 is 6.04 Å². The van der Waals surface area contributed by atoms with Crippen LogP contribution in [-0.4, -0.2) is 34.5 Å². The second kappa shape index (κ2) is 5.94. The molecule has 1 aliphatic heterocycles. The van der Waals surface area contributed by atoms with Crippen molar-refractivity contribution in [1.82, 2.24) is 9.55 Å². The number of hydrogen-bond donors (Lipinski definition) is 2. The van der Waals surface area contributed by atoms with Crippen molar-refractivity contribution in [3.8, 4) is 5.75 Å². The standard InChI is InChI=1S/C18H16N4O3/c1-25-15-9-5-3-7-12(15)19-17(24)13-10-16(23)22-14-8-4-2-6-11(14)20-18(22)21-13/h2-9,13H,10H2,1H3,(H,19,24)(H,20,21)/t13-/m0/s1. The van der Waals surface area contributed by atoms with Gasteiger partial charge in [0, 0.05) is 0 Å². The molecule has 0 bridgehead atoms. The van der Waals surface area contributed by atoms with E-state index in [1.807, 2.05) is 30.3 Å². The number of carbonyl (C=O) groups excluding carboxylic acids is 2. The van der Waals surface area contributed by atoms with Gasteiger partial charge in [-0.05, 0) is 24.3 Å². The van der Waals surface area contributed by atoms with Crippen LogP contribution in [0.5, 0.6) is 5.75 Å². The number of anilines is 2. The lowest BCUT2D eigenvalue weighted by Gasteiger charge is -2.24. The molecule has 2 heterocycles. The zero-order chi connectivity index (χ0) is 17.4. The maximum absolute atomic E-state index is 12.6. The van der Waals surface area contributed by atoms with E-state index in [4.69, 9.17) is 4.74 Å². The number of nitrogens with one attached hydrogen (secondary N) is 2. The highest BCUT2D eigenvalue weighted by Crippen LogP contribution is 2.27. The average Bonchev–Trinajstić information content (AvgIpc) is 3.01. The number of amides is 1. The first-order valence-electron chi connectivity index (χ1n) is 7.88. The molecule has 7 nitrogen and oxygen atoms in total. The smallest absolute Gasteiger partial charge is 0.247 e. The minimum absolute atomic E-state index is 0.0499. The molecule has 0 spiro atoms. The molecule has 1 amide bonds. The number of para-hydroxylation sites is 4. The molecule has 0 aliphatic carbocycles. The van der Waals surface area contributed by atoms with Gasteiger partial charge in [-0.1, -0.05) is 24.3 Å². The number of aromatic nitrogens is 2. The fraction of sp³-hybridized carbons (Fsp3) is 0.167. The van der Waals surface area contributed by atoms with Crippen molar-refractivity contribution < 1.29 is 14.3 Å². The topological polar surface area (TPSA) is 85.2 Å². The third-order valence-electron chi connectivity index (χ3n) is 4.17. The Labute approximate surface area is 143 Å². The maximum atomic E-state index is 12.6. The van der Waals surface area contributed by atoms with Crippen LogP contribution in [0, 0.1) is 0 Å². The summed E-state index contributed by atoms with van der Waals surface area (Å²) in [5.74, 6) is 0.474. The van der Waals surface area contributed by atoms with Gasteiger partial charge in [0.25, 0.3) is 0 Å². The minimum Gasteiger partial charge on any atom is -0.495 e. The highest BCUT2D eigenvalue weighted by atomic mass is 16.5. The number of carbonyl (C=O) groups is 2. The zero-order valence-electron chi connectivity index (χ0n) is 13.5. The third kappa shape index (κ3) is 2.59. The van der Waals surface area contributed by atoms with Gasteiger partial charge in [0.1, 0.15) is 11.8 Å². The van der Waals surface area contributed by atoms with E-state index in [1.54, 1.807) is 18.2 Å². The van der Waals surface area contributed by atoms with Gasteiger partial charge in [-0.2, -0.15) is 0 Å². The Kier molecular flexibility index (Phi) is 3.61. The molecular weight excluding hydrogens is 320 g/mol. The van der Waals surface area contributed by atoms with Crippen LogP contribution >= 0.6 is 0 Å². The summed E-state index contributed by atoms with van der Waals surface area (Å²) in [6.07, 6.45) is 0.0499. The first kappa shape index (κ1) is 15.2. The molecule has 25 heavy (non-hydrogen) atoms. The van der Waals surface area contributed by atoms with Gasteiger partial charge >= 0.3 is 0 Å². The number of imidazole rings is 1. The summed E-state index contributed by atoms with van der Waals surface area (Å²) in [6.45, 7) is 0. The summed E-state index contributed by atoms with van der Waals surface area (Å²) in [4.78, 5) is 29.5. The highest BCUT2D eigenvalue weighted by Gasteiger charge is 2.31. The molecule has 1 atom stereocenters. The monoisotopic (exact) mass is 336 g/mol. The van der Waals surface area contributed by atoms with Gasteiger partial charge in [0.05, 0.1) is 30.3 Å². The Bertz CT molecular complexity index is 979. The van der Waals surface area contributed by atoms with E-state index in [2.05, 4.69) is 15.6 Å². The van der Waals surface area contributed by atoms with Crippen LogP contribution in [0.1, 0.15) is 11.2 Å². The fourth-order valence-electron chi connectivity index (χ4n) is 2.97. The minimum atomic E-state index is -0.693. The van der Waals surface area contributed by atoms with Crippen molar-refractivity contribution in [2.24, 2.45) is 0 Å². The number of nitrogens with zero attached hydrogens (tertiary/aromatic N) is 2. The van der Waals surface area contributed by atoms with Crippen LogP contribution in [0.3, 0.4) is 0 Å². The zero-order valence-corrected chi connectivity index (χ0v) is 13.5. The second-order valence-corrected chi connectivity index (χ2v) is 5.74. The largest absolute Gasteiger partial charge is 0.495 e. The van der Waals surface area contributed by atoms with Gasteiger partial charge in [-0.3, -0.25) is 9.59 Å². The van der Waals surface area contributed by atoms with E-state index in [-0.39, 0.29) is 18.2 Å². The number of benzene rings is 2. The van der Waals surface area contributed by atoms with Crippen LogP contribution < -0.4 is 15.4 Å². The van der Waals surface area contributed by atoms with Gasteiger partial charge in [-0.25, -0.2) is 9.55 Å².